The zero-order valence-electron chi connectivity index (χ0n) is 7.10. The summed E-state index contributed by atoms with van der Waals surface area (Å²) < 4.78 is 5.01. The van der Waals surface area contributed by atoms with E-state index in [0.717, 1.165) is 16.5 Å². The first kappa shape index (κ1) is 8.19. The Morgan fingerprint density at radius 1 is 1.31 bits per heavy atom. The van der Waals surface area contributed by atoms with E-state index < -0.39 is 0 Å². The molecular formula is C9H8N2OS. The van der Waals surface area contributed by atoms with Gasteiger partial charge < -0.3 is 4.74 Å². The van der Waals surface area contributed by atoms with Gasteiger partial charge in [-0.1, -0.05) is 0 Å². The number of nitrogens with zero attached hydrogens (tertiary/aromatic N) is 2. The van der Waals surface area contributed by atoms with Crippen LogP contribution in [0.5, 0.6) is 5.75 Å². The topological polar surface area (TPSA) is 35.0 Å². The number of aromatic nitrogens is 2. The summed E-state index contributed by atoms with van der Waals surface area (Å²) in [7, 11) is 1.63. The van der Waals surface area contributed by atoms with Gasteiger partial charge in [0.2, 0.25) is 0 Å². The van der Waals surface area contributed by atoms with E-state index >= 15 is 0 Å². The fourth-order valence-electron chi connectivity index (χ4n) is 0.977. The molecule has 66 valence electrons. The Balaban J connectivity index is 2.33. The van der Waals surface area contributed by atoms with Crippen molar-refractivity contribution in [3.8, 4) is 16.5 Å². The predicted octanol–water partition coefficient (Wildman–Crippen LogP) is 2.21. The third kappa shape index (κ3) is 1.67. The summed E-state index contributed by atoms with van der Waals surface area (Å²) in [6, 6.07) is 3.78. The molecule has 0 atom stereocenters. The first-order valence-electron chi connectivity index (χ1n) is 3.80. The van der Waals surface area contributed by atoms with E-state index in [4.69, 9.17) is 4.74 Å². The first-order valence-corrected chi connectivity index (χ1v) is 4.68. The van der Waals surface area contributed by atoms with Crippen LogP contribution in [-0.2, 0) is 0 Å². The summed E-state index contributed by atoms with van der Waals surface area (Å²) in [5.41, 5.74) is 0.885. The van der Waals surface area contributed by atoms with E-state index in [1.165, 1.54) is 0 Å². The highest BCUT2D eigenvalue weighted by Crippen LogP contribution is 2.20. The molecule has 2 heterocycles. The van der Waals surface area contributed by atoms with Gasteiger partial charge in [-0.3, -0.25) is 0 Å². The number of hydrogen-bond donors (Lipinski definition) is 0. The van der Waals surface area contributed by atoms with Gasteiger partial charge in [0.1, 0.15) is 10.8 Å². The summed E-state index contributed by atoms with van der Waals surface area (Å²) in [5.74, 6) is 0.764. The summed E-state index contributed by atoms with van der Waals surface area (Å²) >= 11 is 1.58. The van der Waals surface area contributed by atoms with Crippen molar-refractivity contribution >= 4 is 11.3 Å². The van der Waals surface area contributed by atoms with Crippen LogP contribution in [0, 0.1) is 0 Å². The van der Waals surface area contributed by atoms with Gasteiger partial charge in [0.25, 0.3) is 0 Å². The van der Waals surface area contributed by atoms with Crippen molar-refractivity contribution in [2.24, 2.45) is 0 Å². The van der Waals surface area contributed by atoms with Crippen LogP contribution in [0.2, 0.25) is 0 Å². The molecule has 4 heteroatoms. The Hall–Kier alpha value is -1.42. The van der Waals surface area contributed by atoms with Crippen LogP contribution in [0.25, 0.3) is 10.7 Å². The molecule has 2 rings (SSSR count). The third-order valence-corrected chi connectivity index (χ3v) is 2.42. The fourth-order valence-corrected chi connectivity index (χ4v) is 1.59. The van der Waals surface area contributed by atoms with Crippen LogP contribution in [0.15, 0.2) is 29.9 Å². The summed E-state index contributed by atoms with van der Waals surface area (Å²) in [6.45, 7) is 0. The van der Waals surface area contributed by atoms with Crippen molar-refractivity contribution < 1.29 is 4.74 Å². The van der Waals surface area contributed by atoms with Crippen molar-refractivity contribution in [1.29, 1.82) is 0 Å². The maximum Gasteiger partial charge on any atom is 0.141 e. The highest BCUT2D eigenvalue weighted by Gasteiger charge is 2.00. The summed E-state index contributed by atoms with van der Waals surface area (Å²) in [5, 5.41) is 2.86. The second kappa shape index (κ2) is 3.53. The minimum Gasteiger partial charge on any atom is -0.495 e. The molecule has 0 aromatic carbocycles. The molecule has 3 nitrogen and oxygen atoms in total. The number of ether oxygens (including phenoxy) is 1. The largest absolute Gasteiger partial charge is 0.495 e. The minimum atomic E-state index is 0.764. The molecule has 0 spiro atoms. The van der Waals surface area contributed by atoms with Gasteiger partial charge in [-0.2, -0.15) is 0 Å². The third-order valence-electron chi connectivity index (χ3n) is 1.62. The molecule has 0 unspecified atom stereocenters. The SMILES string of the molecule is COc1ccc(-c2nccs2)nc1. The molecular weight excluding hydrogens is 184 g/mol. The molecule has 2 aromatic rings. The lowest BCUT2D eigenvalue weighted by atomic mass is 10.3. The molecule has 0 N–H and O–H groups in total. The van der Waals surface area contributed by atoms with Gasteiger partial charge in [-0.05, 0) is 12.1 Å². The molecule has 0 radical (unpaired) electrons. The van der Waals surface area contributed by atoms with E-state index in [0.29, 0.717) is 0 Å². The number of pyridine rings is 1. The maximum absolute atomic E-state index is 5.01. The van der Waals surface area contributed by atoms with Crippen molar-refractivity contribution in [2.45, 2.75) is 0 Å². The Morgan fingerprint density at radius 2 is 2.23 bits per heavy atom. The van der Waals surface area contributed by atoms with E-state index in [1.54, 1.807) is 30.8 Å². The second-order valence-corrected chi connectivity index (χ2v) is 3.32. The van der Waals surface area contributed by atoms with Gasteiger partial charge in [-0.25, -0.2) is 9.97 Å². The van der Waals surface area contributed by atoms with Crippen molar-refractivity contribution in [3.63, 3.8) is 0 Å². The Bertz CT molecular complexity index is 369. The van der Waals surface area contributed by atoms with Gasteiger partial charge in [-0.15, -0.1) is 11.3 Å². The lowest BCUT2D eigenvalue weighted by Crippen LogP contribution is -1.85. The van der Waals surface area contributed by atoms with E-state index in [9.17, 15) is 0 Å². The highest BCUT2D eigenvalue weighted by atomic mass is 32.1. The quantitative estimate of drug-likeness (QED) is 0.731. The standard InChI is InChI=1S/C9H8N2OS/c1-12-7-2-3-8(11-6-7)9-10-4-5-13-9/h2-6H,1H3. The van der Waals surface area contributed by atoms with Crippen molar-refractivity contribution in [1.82, 2.24) is 9.97 Å². The second-order valence-electron chi connectivity index (χ2n) is 2.42. The summed E-state index contributed by atoms with van der Waals surface area (Å²) in [6.07, 6.45) is 3.46. The summed E-state index contributed by atoms with van der Waals surface area (Å²) in [4.78, 5) is 8.37. The molecule has 0 bridgehead atoms. The van der Waals surface area contributed by atoms with E-state index in [1.807, 2.05) is 17.5 Å². The van der Waals surface area contributed by atoms with Crippen LogP contribution in [0.3, 0.4) is 0 Å². The molecule has 0 aliphatic heterocycles. The maximum atomic E-state index is 5.01. The first-order chi connectivity index (χ1) is 6.40. The monoisotopic (exact) mass is 192 g/mol. The van der Waals surface area contributed by atoms with Crippen LogP contribution >= 0.6 is 11.3 Å². The average molecular weight is 192 g/mol. The zero-order chi connectivity index (χ0) is 9.10. The molecule has 0 fully saturated rings. The van der Waals surface area contributed by atoms with E-state index in [2.05, 4.69) is 9.97 Å². The molecule has 0 amide bonds. The molecule has 0 aliphatic rings. The Kier molecular flexibility index (Phi) is 2.23. The van der Waals surface area contributed by atoms with Crippen LogP contribution in [0.1, 0.15) is 0 Å². The van der Waals surface area contributed by atoms with Crippen molar-refractivity contribution in [2.75, 3.05) is 7.11 Å². The number of methoxy groups -OCH3 is 1. The van der Waals surface area contributed by atoms with Crippen LogP contribution < -0.4 is 4.74 Å². The molecule has 0 saturated carbocycles. The molecule has 2 aromatic heterocycles. The smallest absolute Gasteiger partial charge is 0.141 e. The number of hydrogen-bond acceptors (Lipinski definition) is 4. The van der Waals surface area contributed by atoms with Gasteiger partial charge in [0.05, 0.1) is 19.0 Å². The van der Waals surface area contributed by atoms with Gasteiger partial charge in [0.15, 0.2) is 0 Å². The lowest BCUT2D eigenvalue weighted by molar-refractivity contribution is 0.413. The normalized spacial score (nSPS) is 9.92. The molecule has 13 heavy (non-hydrogen) atoms. The highest BCUT2D eigenvalue weighted by molar-refractivity contribution is 7.13. The van der Waals surface area contributed by atoms with Crippen LogP contribution in [-0.4, -0.2) is 17.1 Å². The average Bonchev–Trinajstić information content (AvgIpc) is 2.71. The van der Waals surface area contributed by atoms with Gasteiger partial charge in [0, 0.05) is 11.6 Å². The van der Waals surface area contributed by atoms with E-state index in [-0.39, 0.29) is 0 Å². The lowest BCUT2D eigenvalue weighted by Gasteiger charge is -1.98. The van der Waals surface area contributed by atoms with Gasteiger partial charge >= 0.3 is 0 Å². The predicted molar refractivity (Wildman–Crippen MR) is 51.9 cm³/mol. The minimum absolute atomic E-state index is 0.764. The Morgan fingerprint density at radius 3 is 2.77 bits per heavy atom. The number of thiazole rings is 1. The fraction of sp³-hybridized carbons (Fsp3) is 0.111. The molecule has 0 saturated heterocycles. The van der Waals surface area contributed by atoms with Crippen LogP contribution in [0.4, 0.5) is 0 Å². The zero-order valence-corrected chi connectivity index (χ0v) is 7.91. The van der Waals surface area contributed by atoms with Crippen molar-refractivity contribution in [3.05, 3.63) is 29.9 Å². The number of rotatable bonds is 2. The Labute approximate surface area is 80.0 Å². The molecule has 0 aliphatic carbocycles.